The van der Waals surface area contributed by atoms with E-state index in [1.165, 1.54) is 13.8 Å². The summed E-state index contributed by atoms with van der Waals surface area (Å²) in [7, 11) is 0. The number of ether oxygens (including phenoxy) is 1. The van der Waals surface area contributed by atoms with Crippen LogP contribution in [0.4, 0.5) is 4.79 Å². The van der Waals surface area contributed by atoms with E-state index in [4.69, 9.17) is 9.84 Å². The Morgan fingerprint density at radius 1 is 1.17 bits per heavy atom. The van der Waals surface area contributed by atoms with Crippen molar-refractivity contribution in [1.82, 2.24) is 10.2 Å². The number of β-lactam (4-membered cyclic amide) rings is 1. The number of hydrogen-bond donors (Lipinski definition) is 2. The van der Waals surface area contributed by atoms with E-state index in [2.05, 4.69) is 5.32 Å². The van der Waals surface area contributed by atoms with Crippen molar-refractivity contribution >= 4 is 23.9 Å². The first-order valence-electron chi connectivity index (χ1n) is 7.14. The lowest BCUT2D eigenvalue weighted by molar-refractivity contribution is -0.159. The van der Waals surface area contributed by atoms with Crippen LogP contribution in [0.5, 0.6) is 0 Å². The molecule has 1 aliphatic heterocycles. The molecule has 0 aliphatic carbocycles. The van der Waals surface area contributed by atoms with Crippen molar-refractivity contribution in [1.29, 1.82) is 0 Å². The molecule has 1 heterocycles. The van der Waals surface area contributed by atoms with Gasteiger partial charge < -0.3 is 15.2 Å². The molecule has 23 heavy (non-hydrogen) atoms. The van der Waals surface area contributed by atoms with Crippen LogP contribution in [0, 0.1) is 0 Å². The first-order valence-corrected chi connectivity index (χ1v) is 7.14. The van der Waals surface area contributed by atoms with Crippen molar-refractivity contribution in [3.8, 4) is 0 Å². The summed E-state index contributed by atoms with van der Waals surface area (Å²) >= 11 is 0. The molecule has 0 aromatic carbocycles. The normalized spacial score (nSPS) is 22.0. The maximum atomic E-state index is 12.2. The second-order valence-electron chi connectivity index (χ2n) is 6.43. The van der Waals surface area contributed by atoms with E-state index >= 15 is 0 Å². The molecule has 1 aliphatic rings. The number of carbonyl (C=O) groups is 4. The maximum Gasteiger partial charge on any atom is 0.408 e. The van der Waals surface area contributed by atoms with Gasteiger partial charge in [0.05, 0.1) is 6.04 Å². The minimum atomic E-state index is -1.22. The highest BCUT2D eigenvalue weighted by atomic mass is 16.6. The van der Waals surface area contributed by atoms with E-state index in [0.717, 1.165) is 4.90 Å². The van der Waals surface area contributed by atoms with Gasteiger partial charge in [-0.15, -0.1) is 0 Å². The zero-order chi connectivity index (χ0) is 18.1. The van der Waals surface area contributed by atoms with Crippen LogP contribution in [0.1, 0.15) is 41.5 Å². The summed E-state index contributed by atoms with van der Waals surface area (Å²) in [6, 6.07) is -1.45. The topological polar surface area (TPSA) is 113 Å². The molecular formula is C15H22N2O6. The molecule has 2 N–H and O–H groups in total. The average Bonchev–Trinajstić information content (AvgIpc) is 2.41. The van der Waals surface area contributed by atoms with Gasteiger partial charge >= 0.3 is 12.1 Å². The number of aliphatic carboxylic acids is 1. The summed E-state index contributed by atoms with van der Waals surface area (Å²) in [6.07, 6.45) is -0.747. The molecule has 1 saturated heterocycles. The monoisotopic (exact) mass is 326 g/mol. The molecule has 0 aromatic heterocycles. The molecule has 1 rings (SSSR count). The number of likely N-dealkylation sites (tertiary alicyclic amines) is 1. The Kier molecular flexibility index (Phi) is 5.19. The molecule has 0 spiro atoms. The third-order valence-electron chi connectivity index (χ3n) is 3.49. The Labute approximate surface area is 134 Å². The fourth-order valence-electron chi connectivity index (χ4n) is 2.03. The van der Waals surface area contributed by atoms with Gasteiger partial charge in [0.25, 0.3) is 11.8 Å². The van der Waals surface area contributed by atoms with Crippen LogP contribution in [0.15, 0.2) is 11.1 Å². The fourth-order valence-corrected chi connectivity index (χ4v) is 2.03. The van der Waals surface area contributed by atoms with Gasteiger partial charge in [-0.2, -0.15) is 0 Å². The Morgan fingerprint density at radius 2 is 1.70 bits per heavy atom. The number of rotatable bonds is 3. The van der Waals surface area contributed by atoms with Crippen LogP contribution in [-0.4, -0.2) is 51.6 Å². The molecule has 3 amide bonds. The fraction of sp³-hybridized carbons (Fsp3) is 0.600. The van der Waals surface area contributed by atoms with Crippen LogP contribution in [0.3, 0.4) is 0 Å². The zero-order valence-corrected chi connectivity index (χ0v) is 14.1. The number of nitrogens with zero attached hydrogens (tertiary/aromatic N) is 1. The van der Waals surface area contributed by atoms with Crippen molar-refractivity contribution in [3.05, 3.63) is 11.1 Å². The number of alkyl carbamates (subject to hydrolysis) is 1. The summed E-state index contributed by atoms with van der Waals surface area (Å²) in [4.78, 5) is 47.8. The molecule has 128 valence electrons. The van der Waals surface area contributed by atoms with Crippen molar-refractivity contribution in [2.45, 2.75) is 59.2 Å². The first-order chi connectivity index (χ1) is 10.4. The number of amides is 3. The Bertz CT molecular complexity index is 587. The third kappa shape index (κ3) is 4.08. The predicted octanol–water partition coefficient (Wildman–Crippen LogP) is 1.06. The van der Waals surface area contributed by atoms with Crippen LogP contribution in [0.25, 0.3) is 0 Å². The van der Waals surface area contributed by atoms with Crippen LogP contribution in [0.2, 0.25) is 0 Å². The molecule has 0 bridgehead atoms. The third-order valence-corrected chi connectivity index (χ3v) is 3.49. The van der Waals surface area contributed by atoms with Crippen LogP contribution < -0.4 is 5.32 Å². The lowest BCUT2D eigenvalue weighted by atomic mass is 9.95. The molecule has 2 atom stereocenters. The summed E-state index contributed by atoms with van der Waals surface area (Å²) in [5.41, 5.74) is -0.847. The summed E-state index contributed by atoms with van der Waals surface area (Å²) < 4.78 is 5.06. The smallest absolute Gasteiger partial charge is 0.408 e. The Balaban J connectivity index is 2.78. The van der Waals surface area contributed by atoms with Gasteiger partial charge in [0.1, 0.15) is 11.6 Å². The first kappa shape index (κ1) is 18.7. The van der Waals surface area contributed by atoms with Gasteiger partial charge in [-0.05, 0) is 41.5 Å². The van der Waals surface area contributed by atoms with E-state index in [1.54, 1.807) is 27.7 Å². The molecule has 0 radical (unpaired) electrons. The number of carboxylic acid groups (broad SMARTS) is 1. The van der Waals surface area contributed by atoms with E-state index in [1.807, 2.05) is 0 Å². The number of nitrogens with one attached hydrogen (secondary N) is 1. The lowest BCUT2D eigenvalue weighted by Crippen LogP contribution is -2.71. The molecule has 0 aromatic rings. The highest BCUT2D eigenvalue weighted by Crippen LogP contribution is 2.23. The number of imide groups is 1. The minimum absolute atomic E-state index is 0.0200. The highest BCUT2D eigenvalue weighted by molar-refractivity contribution is 6.12. The largest absolute Gasteiger partial charge is 0.478 e. The van der Waals surface area contributed by atoms with Crippen LogP contribution in [-0.2, 0) is 19.1 Å². The summed E-state index contributed by atoms with van der Waals surface area (Å²) in [5.74, 6) is -2.49. The number of hydrogen-bond acceptors (Lipinski definition) is 5. The second-order valence-corrected chi connectivity index (χ2v) is 6.43. The van der Waals surface area contributed by atoms with E-state index in [0.29, 0.717) is 0 Å². The lowest BCUT2D eigenvalue weighted by Gasteiger charge is -2.44. The molecular weight excluding hydrogens is 304 g/mol. The molecule has 0 saturated carbocycles. The van der Waals surface area contributed by atoms with Crippen molar-refractivity contribution < 1.29 is 29.0 Å². The Hall–Kier alpha value is -2.38. The standard InChI is InChI=1S/C15H22N2O6/c1-7(8(2)13(20)21)11(18)17-9(3)10(12(17)19)16-14(22)23-15(4,5)6/h9-10H,1-6H3,(H,16,22)(H,20,21)/t9-,10+/m1/s1. The summed E-state index contributed by atoms with van der Waals surface area (Å²) in [5, 5.41) is 11.3. The van der Waals surface area contributed by atoms with Gasteiger partial charge in [-0.25, -0.2) is 9.59 Å². The highest BCUT2D eigenvalue weighted by Gasteiger charge is 2.49. The maximum absolute atomic E-state index is 12.2. The molecule has 1 fully saturated rings. The number of carboxylic acids is 1. The quantitative estimate of drug-likeness (QED) is 0.592. The second kappa shape index (κ2) is 6.39. The van der Waals surface area contributed by atoms with Crippen molar-refractivity contribution in [3.63, 3.8) is 0 Å². The number of carbonyl (C=O) groups excluding carboxylic acids is 3. The van der Waals surface area contributed by atoms with Gasteiger partial charge in [-0.1, -0.05) is 0 Å². The van der Waals surface area contributed by atoms with Gasteiger partial charge in [0.2, 0.25) is 0 Å². The Morgan fingerprint density at radius 3 is 2.09 bits per heavy atom. The SMILES string of the molecule is CC(C(=O)O)=C(C)C(=O)N1C(=O)[C@@H](NC(=O)OC(C)(C)C)[C@H]1C. The van der Waals surface area contributed by atoms with Crippen molar-refractivity contribution in [2.24, 2.45) is 0 Å². The van der Waals surface area contributed by atoms with E-state index in [-0.39, 0.29) is 11.1 Å². The van der Waals surface area contributed by atoms with Gasteiger partial charge in [-0.3, -0.25) is 14.5 Å². The van der Waals surface area contributed by atoms with E-state index in [9.17, 15) is 19.2 Å². The van der Waals surface area contributed by atoms with Crippen molar-refractivity contribution in [2.75, 3.05) is 0 Å². The van der Waals surface area contributed by atoms with Crippen LogP contribution >= 0.6 is 0 Å². The van der Waals surface area contributed by atoms with Gasteiger partial charge in [0.15, 0.2) is 0 Å². The van der Waals surface area contributed by atoms with E-state index < -0.39 is 41.6 Å². The van der Waals surface area contributed by atoms with Gasteiger partial charge in [0, 0.05) is 11.1 Å². The molecule has 8 heteroatoms. The summed E-state index contributed by atoms with van der Waals surface area (Å²) in [6.45, 7) is 9.30. The molecule has 0 unspecified atom stereocenters. The predicted molar refractivity (Wildman–Crippen MR) is 80.5 cm³/mol. The zero-order valence-electron chi connectivity index (χ0n) is 14.1. The average molecular weight is 326 g/mol. The molecule has 8 nitrogen and oxygen atoms in total. The minimum Gasteiger partial charge on any atom is -0.478 e.